The predicted molar refractivity (Wildman–Crippen MR) is 50.6 cm³/mol. The van der Waals surface area contributed by atoms with Crippen LogP contribution in [0.5, 0.6) is 0 Å². The van der Waals surface area contributed by atoms with E-state index in [1.807, 2.05) is 6.07 Å². The molecule has 0 radical (unpaired) electrons. The number of benzene rings is 1. The lowest BCUT2D eigenvalue weighted by Gasteiger charge is -2.11. The Hall–Kier alpha value is -0.470. The summed E-state index contributed by atoms with van der Waals surface area (Å²) in [7, 11) is 2.09. The van der Waals surface area contributed by atoms with Crippen LogP contribution in [0.4, 0.5) is 0 Å². The lowest BCUT2D eigenvalue weighted by Crippen LogP contribution is -2.06. The highest BCUT2D eigenvalue weighted by Gasteiger charge is 1.95. The van der Waals surface area contributed by atoms with Crippen LogP contribution in [0.3, 0.4) is 0 Å². The van der Waals surface area contributed by atoms with Crippen molar-refractivity contribution in [1.29, 1.82) is 0 Å². The fraction of sp³-hybridized carbons (Fsp3) is 0.333. The molecule has 0 aliphatic heterocycles. The summed E-state index contributed by atoms with van der Waals surface area (Å²) in [5, 5.41) is 0. The van der Waals surface area contributed by atoms with Crippen LogP contribution in [0.15, 0.2) is 35.2 Å². The molecule has 0 bridgehead atoms. The highest BCUT2D eigenvalue weighted by Crippen LogP contribution is 2.19. The van der Waals surface area contributed by atoms with Gasteiger partial charge in [0.05, 0.1) is 0 Å². The highest BCUT2D eigenvalue weighted by atomic mass is 32.2. The molecule has 1 rings (SSSR count). The highest BCUT2D eigenvalue weighted by molar-refractivity contribution is 7.97. The second-order valence-electron chi connectivity index (χ2n) is 2.35. The molecule has 0 saturated heterocycles. The molecule has 0 aromatic heterocycles. The second kappa shape index (κ2) is 4.42. The fourth-order valence-corrected chi connectivity index (χ4v) is 1.49. The molecule has 11 heavy (non-hydrogen) atoms. The number of nitrogens with zero attached hydrogens (tertiary/aromatic N) is 1. The summed E-state index contributed by atoms with van der Waals surface area (Å²) >= 11 is 1.78. The van der Waals surface area contributed by atoms with Gasteiger partial charge < -0.3 is 0 Å². The third-order valence-electron chi connectivity index (χ3n) is 1.45. The quantitative estimate of drug-likeness (QED) is 0.637. The SMILES string of the molecule is CCN(C)Sc1ccccc1. The number of rotatable bonds is 3. The van der Waals surface area contributed by atoms with Crippen molar-refractivity contribution >= 4 is 11.9 Å². The normalized spacial score (nSPS) is 10.5. The van der Waals surface area contributed by atoms with Gasteiger partial charge in [-0.3, -0.25) is 0 Å². The molecular weight excluding hydrogens is 154 g/mol. The minimum atomic E-state index is 1.07. The lowest BCUT2D eigenvalue weighted by atomic mass is 10.4. The Morgan fingerprint density at radius 1 is 1.27 bits per heavy atom. The molecule has 0 aliphatic carbocycles. The van der Waals surface area contributed by atoms with Gasteiger partial charge in [0.1, 0.15) is 0 Å². The molecule has 0 atom stereocenters. The van der Waals surface area contributed by atoms with Crippen molar-refractivity contribution in [1.82, 2.24) is 4.31 Å². The van der Waals surface area contributed by atoms with Crippen molar-refractivity contribution in [3.8, 4) is 0 Å². The van der Waals surface area contributed by atoms with E-state index in [1.165, 1.54) is 4.90 Å². The van der Waals surface area contributed by atoms with E-state index in [-0.39, 0.29) is 0 Å². The summed E-state index contributed by atoms with van der Waals surface area (Å²) in [5.41, 5.74) is 0. The fourth-order valence-electron chi connectivity index (χ4n) is 0.726. The summed E-state index contributed by atoms with van der Waals surface area (Å²) in [6.45, 7) is 3.22. The van der Waals surface area contributed by atoms with Gasteiger partial charge in [-0.25, -0.2) is 4.31 Å². The Balaban J connectivity index is 2.51. The van der Waals surface area contributed by atoms with Crippen molar-refractivity contribution in [3.05, 3.63) is 30.3 Å². The van der Waals surface area contributed by atoms with E-state index >= 15 is 0 Å². The smallest absolute Gasteiger partial charge is 0.0230 e. The Bertz CT molecular complexity index is 198. The zero-order valence-corrected chi connectivity index (χ0v) is 7.77. The van der Waals surface area contributed by atoms with E-state index in [0.29, 0.717) is 0 Å². The topological polar surface area (TPSA) is 3.24 Å². The average molecular weight is 167 g/mol. The van der Waals surface area contributed by atoms with Gasteiger partial charge in [-0.05, 0) is 31.1 Å². The third-order valence-corrected chi connectivity index (χ3v) is 2.50. The Labute approximate surface area is 72.5 Å². The van der Waals surface area contributed by atoms with Gasteiger partial charge in [-0.15, -0.1) is 0 Å². The van der Waals surface area contributed by atoms with Crippen LogP contribution < -0.4 is 0 Å². The molecule has 1 nitrogen and oxygen atoms in total. The Kier molecular flexibility index (Phi) is 3.46. The maximum absolute atomic E-state index is 2.20. The summed E-state index contributed by atoms with van der Waals surface area (Å²) in [5.74, 6) is 0. The van der Waals surface area contributed by atoms with Gasteiger partial charge in [0.25, 0.3) is 0 Å². The molecular formula is C9H13NS. The van der Waals surface area contributed by atoms with E-state index in [0.717, 1.165) is 6.54 Å². The van der Waals surface area contributed by atoms with Crippen LogP contribution in [0, 0.1) is 0 Å². The molecule has 0 saturated carbocycles. The minimum absolute atomic E-state index is 1.07. The minimum Gasteiger partial charge on any atom is -0.250 e. The van der Waals surface area contributed by atoms with E-state index in [4.69, 9.17) is 0 Å². The van der Waals surface area contributed by atoms with Crippen LogP contribution in [0.1, 0.15) is 6.92 Å². The van der Waals surface area contributed by atoms with Crippen molar-refractivity contribution in [2.24, 2.45) is 0 Å². The predicted octanol–water partition coefficient (Wildman–Crippen LogP) is 2.65. The van der Waals surface area contributed by atoms with Crippen molar-refractivity contribution in [3.63, 3.8) is 0 Å². The van der Waals surface area contributed by atoms with Crippen LogP contribution in [0.2, 0.25) is 0 Å². The number of hydrogen-bond donors (Lipinski definition) is 0. The van der Waals surface area contributed by atoms with Crippen molar-refractivity contribution in [2.45, 2.75) is 11.8 Å². The summed E-state index contributed by atoms with van der Waals surface area (Å²) in [4.78, 5) is 1.30. The molecule has 1 aromatic carbocycles. The van der Waals surface area contributed by atoms with E-state index in [9.17, 15) is 0 Å². The maximum Gasteiger partial charge on any atom is 0.0230 e. The van der Waals surface area contributed by atoms with Gasteiger partial charge in [0.15, 0.2) is 0 Å². The summed E-state index contributed by atoms with van der Waals surface area (Å²) < 4.78 is 2.20. The third kappa shape index (κ3) is 2.95. The van der Waals surface area contributed by atoms with Gasteiger partial charge in [0.2, 0.25) is 0 Å². The zero-order valence-electron chi connectivity index (χ0n) is 6.95. The zero-order chi connectivity index (χ0) is 8.10. The van der Waals surface area contributed by atoms with E-state index < -0.39 is 0 Å². The van der Waals surface area contributed by atoms with Gasteiger partial charge >= 0.3 is 0 Å². The molecule has 0 heterocycles. The molecule has 0 amide bonds. The largest absolute Gasteiger partial charge is 0.250 e. The molecule has 0 aliphatic rings. The van der Waals surface area contributed by atoms with Crippen LogP contribution in [0.25, 0.3) is 0 Å². The lowest BCUT2D eigenvalue weighted by molar-refractivity contribution is 0.602. The van der Waals surface area contributed by atoms with Crippen molar-refractivity contribution < 1.29 is 0 Å². The van der Waals surface area contributed by atoms with Crippen molar-refractivity contribution in [2.75, 3.05) is 13.6 Å². The van der Waals surface area contributed by atoms with E-state index in [2.05, 4.69) is 42.5 Å². The van der Waals surface area contributed by atoms with Gasteiger partial charge in [-0.1, -0.05) is 25.1 Å². The summed E-state index contributed by atoms with van der Waals surface area (Å²) in [6.07, 6.45) is 0. The first-order valence-corrected chi connectivity index (χ1v) is 4.54. The Morgan fingerprint density at radius 2 is 1.91 bits per heavy atom. The monoisotopic (exact) mass is 167 g/mol. The van der Waals surface area contributed by atoms with Gasteiger partial charge in [-0.2, -0.15) is 0 Å². The molecule has 0 fully saturated rings. The molecule has 2 heteroatoms. The summed E-state index contributed by atoms with van der Waals surface area (Å²) in [6, 6.07) is 10.4. The average Bonchev–Trinajstić information content (AvgIpc) is 2.06. The second-order valence-corrected chi connectivity index (χ2v) is 3.63. The van der Waals surface area contributed by atoms with Crippen LogP contribution >= 0.6 is 11.9 Å². The van der Waals surface area contributed by atoms with Crippen LogP contribution in [-0.2, 0) is 0 Å². The first-order valence-electron chi connectivity index (χ1n) is 3.77. The van der Waals surface area contributed by atoms with E-state index in [1.54, 1.807) is 11.9 Å². The maximum atomic E-state index is 2.20. The van der Waals surface area contributed by atoms with Gasteiger partial charge in [0, 0.05) is 11.4 Å². The molecule has 0 spiro atoms. The van der Waals surface area contributed by atoms with Crippen LogP contribution in [-0.4, -0.2) is 17.9 Å². The molecule has 60 valence electrons. The first kappa shape index (κ1) is 8.62. The number of hydrogen-bond acceptors (Lipinski definition) is 2. The standard InChI is InChI=1S/C9H13NS/c1-3-10(2)11-9-7-5-4-6-8-9/h4-8H,3H2,1-2H3. The first-order chi connectivity index (χ1) is 5.33. The molecule has 0 unspecified atom stereocenters. The Morgan fingerprint density at radius 3 is 2.45 bits per heavy atom. The molecule has 1 aromatic rings. The molecule has 0 N–H and O–H groups in total.